The molecule has 1 saturated heterocycles. The molecule has 132 valence electrons. The number of likely N-dealkylation sites (N-methyl/N-ethyl adjacent to an activating group) is 1. The number of pyridine rings is 1. The summed E-state index contributed by atoms with van der Waals surface area (Å²) in [6.45, 7) is 1.64. The van der Waals surface area contributed by atoms with Crippen LogP contribution in [0.3, 0.4) is 0 Å². The number of nitrogens with zero attached hydrogens (tertiary/aromatic N) is 2. The van der Waals surface area contributed by atoms with Crippen LogP contribution in [0.1, 0.15) is 50.2 Å². The zero-order valence-electron chi connectivity index (χ0n) is 14.4. The van der Waals surface area contributed by atoms with Gasteiger partial charge in [0.2, 0.25) is 0 Å². The minimum atomic E-state index is -0.225. The van der Waals surface area contributed by atoms with Crippen molar-refractivity contribution < 1.29 is 13.9 Å². The number of ether oxygens (including phenoxy) is 2. The van der Waals surface area contributed by atoms with Crippen molar-refractivity contribution in [2.75, 3.05) is 26.9 Å². The third-order valence-corrected chi connectivity index (χ3v) is 4.90. The number of aromatic nitrogens is 1. The van der Waals surface area contributed by atoms with Crippen LogP contribution in [0.25, 0.3) is 0 Å². The average Bonchev–Trinajstić information content (AvgIpc) is 3.07. The lowest BCUT2D eigenvalue weighted by molar-refractivity contribution is 0.0764. The van der Waals surface area contributed by atoms with Crippen LogP contribution in [0.2, 0.25) is 0 Å². The van der Waals surface area contributed by atoms with Crippen molar-refractivity contribution in [1.29, 1.82) is 0 Å². The van der Waals surface area contributed by atoms with Crippen LogP contribution in [0.15, 0.2) is 30.3 Å². The molecular formula is C19H27FN2O2. The fraction of sp³-hybridized carbons (Fsp3) is 0.632. The third-order valence-electron chi connectivity index (χ3n) is 4.90. The first-order valence-corrected chi connectivity index (χ1v) is 8.96. The van der Waals surface area contributed by atoms with Gasteiger partial charge in [0, 0.05) is 30.6 Å². The van der Waals surface area contributed by atoms with E-state index in [9.17, 15) is 4.39 Å². The molecule has 0 saturated carbocycles. The summed E-state index contributed by atoms with van der Waals surface area (Å²) in [4.78, 5) is 6.60. The average molecular weight is 334 g/mol. The Morgan fingerprint density at radius 2 is 2.25 bits per heavy atom. The lowest BCUT2D eigenvalue weighted by Crippen LogP contribution is -2.48. The lowest BCUT2D eigenvalue weighted by atomic mass is 10.1. The van der Waals surface area contributed by atoms with Gasteiger partial charge >= 0.3 is 0 Å². The molecule has 0 aromatic carbocycles. The minimum absolute atomic E-state index is 0.0311. The van der Waals surface area contributed by atoms with Crippen molar-refractivity contribution in [1.82, 2.24) is 9.88 Å². The van der Waals surface area contributed by atoms with Crippen LogP contribution < -0.4 is 4.74 Å². The van der Waals surface area contributed by atoms with E-state index in [2.05, 4.69) is 23.0 Å². The number of allylic oxidation sites excluding steroid dienone is 1. The van der Waals surface area contributed by atoms with Crippen molar-refractivity contribution in [2.24, 2.45) is 0 Å². The highest BCUT2D eigenvalue weighted by Crippen LogP contribution is 2.34. The van der Waals surface area contributed by atoms with E-state index in [1.54, 1.807) is 6.20 Å². The van der Waals surface area contributed by atoms with Crippen molar-refractivity contribution in [3.05, 3.63) is 35.9 Å². The summed E-state index contributed by atoms with van der Waals surface area (Å²) in [6, 6.07) is 2.56. The number of halogens is 1. The summed E-state index contributed by atoms with van der Waals surface area (Å²) < 4.78 is 24.0. The van der Waals surface area contributed by atoms with Gasteiger partial charge < -0.3 is 9.47 Å². The van der Waals surface area contributed by atoms with Crippen LogP contribution in [-0.2, 0) is 4.74 Å². The molecule has 1 aromatic rings. The second-order valence-electron chi connectivity index (χ2n) is 6.70. The molecule has 5 heteroatoms. The summed E-state index contributed by atoms with van der Waals surface area (Å²) in [7, 11) is 2.12. The summed E-state index contributed by atoms with van der Waals surface area (Å²) >= 11 is 0. The van der Waals surface area contributed by atoms with Crippen molar-refractivity contribution in [3.63, 3.8) is 0 Å². The van der Waals surface area contributed by atoms with Crippen LogP contribution in [0.5, 0.6) is 5.75 Å². The minimum Gasteiger partial charge on any atom is -0.490 e. The summed E-state index contributed by atoms with van der Waals surface area (Å²) in [5, 5.41) is 0. The molecule has 2 atom stereocenters. The summed E-state index contributed by atoms with van der Waals surface area (Å²) in [6.07, 6.45) is 11.3. The van der Waals surface area contributed by atoms with Gasteiger partial charge in [0.15, 0.2) is 0 Å². The highest BCUT2D eigenvalue weighted by molar-refractivity contribution is 5.27. The second kappa shape index (κ2) is 8.47. The van der Waals surface area contributed by atoms with Crippen LogP contribution in [0.4, 0.5) is 4.39 Å². The van der Waals surface area contributed by atoms with E-state index in [1.165, 1.54) is 6.42 Å². The number of alkyl halides is 1. The molecule has 1 aromatic heterocycles. The molecule has 0 amide bonds. The first kappa shape index (κ1) is 17.2. The van der Waals surface area contributed by atoms with Gasteiger partial charge in [-0.25, -0.2) is 0 Å². The molecule has 2 aliphatic heterocycles. The molecule has 0 N–H and O–H groups in total. The Balaban J connectivity index is 1.46. The van der Waals surface area contributed by atoms with Gasteiger partial charge in [0.25, 0.3) is 0 Å². The normalized spacial score (nSPS) is 23.5. The Kier molecular flexibility index (Phi) is 6.07. The highest BCUT2D eigenvalue weighted by Gasteiger charge is 2.25. The quantitative estimate of drug-likeness (QED) is 0.638. The Hall–Kier alpha value is -1.62. The van der Waals surface area contributed by atoms with Gasteiger partial charge in [-0.05, 0) is 45.0 Å². The molecule has 0 aliphatic carbocycles. The maximum atomic E-state index is 12.1. The Morgan fingerprint density at radius 3 is 3.00 bits per heavy atom. The van der Waals surface area contributed by atoms with E-state index >= 15 is 0 Å². The van der Waals surface area contributed by atoms with Crippen molar-refractivity contribution >= 4 is 0 Å². The van der Waals surface area contributed by atoms with Crippen molar-refractivity contribution in [3.8, 4) is 5.75 Å². The highest BCUT2D eigenvalue weighted by atomic mass is 19.1. The van der Waals surface area contributed by atoms with Gasteiger partial charge in [0.1, 0.15) is 18.5 Å². The lowest BCUT2D eigenvalue weighted by Gasteiger charge is -2.37. The molecule has 0 radical (unpaired) electrons. The Morgan fingerprint density at radius 1 is 1.33 bits per heavy atom. The van der Waals surface area contributed by atoms with Crippen LogP contribution in [0, 0.1) is 0 Å². The molecule has 24 heavy (non-hydrogen) atoms. The molecule has 3 heterocycles. The Labute approximate surface area is 143 Å². The topological polar surface area (TPSA) is 34.6 Å². The van der Waals surface area contributed by atoms with Gasteiger partial charge in [-0.15, -0.1) is 0 Å². The first-order chi connectivity index (χ1) is 11.8. The predicted molar refractivity (Wildman–Crippen MR) is 91.7 cm³/mol. The third kappa shape index (κ3) is 4.47. The number of hydrogen-bond donors (Lipinski definition) is 0. The van der Waals surface area contributed by atoms with Crippen LogP contribution >= 0.6 is 0 Å². The molecule has 1 fully saturated rings. The maximum Gasteiger partial charge on any atom is 0.138 e. The van der Waals surface area contributed by atoms with Crippen LogP contribution in [-0.4, -0.2) is 42.8 Å². The second-order valence-corrected chi connectivity index (χ2v) is 6.70. The standard InChI is InChI=1S/C19H27FN2O2/c1-22-10-8-16(22)14-23-18-11-15(12-21-13-18)19-7-6-17(24-19)5-3-2-4-9-20/h6,11-13,16,19H,2-5,7-10,14H2,1H3/t16-,19?/m0/s1. The molecule has 4 nitrogen and oxygen atoms in total. The molecule has 1 unspecified atom stereocenters. The van der Waals surface area contributed by atoms with E-state index in [4.69, 9.17) is 9.47 Å². The van der Waals surface area contributed by atoms with Crippen molar-refractivity contribution in [2.45, 2.75) is 50.7 Å². The van der Waals surface area contributed by atoms with Gasteiger partial charge in [-0.2, -0.15) is 0 Å². The molecule has 2 aliphatic rings. The fourth-order valence-electron chi connectivity index (χ4n) is 3.12. The van der Waals surface area contributed by atoms with Gasteiger partial charge in [-0.1, -0.05) is 6.42 Å². The maximum absolute atomic E-state index is 12.1. The summed E-state index contributed by atoms with van der Waals surface area (Å²) in [5.41, 5.74) is 1.06. The van der Waals surface area contributed by atoms with E-state index in [0.29, 0.717) is 19.1 Å². The van der Waals surface area contributed by atoms with E-state index < -0.39 is 0 Å². The van der Waals surface area contributed by atoms with Gasteiger partial charge in [0.05, 0.1) is 18.6 Å². The Bertz CT molecular complexity index is 564. The molecule has 0 bridgehead atoms. The predicted octanol–water partition coefficient (Wildman–Crippen LogP) is 4.04. The molecule has 3 rings (SSSR count). The van der Waals surface area contributed by atoms with Gasteiger partial charge in [-0.3, -0.25) is 14.3 Å². The smallest absolute Gasteiger partial charge is 0.138 e. The number of rotatable bonds is 9. The number of hydrogen-bond acceptors (Lipinski definition) is 4. The summed E-state index contributed by atoms with van der Waals surface area (Å²) in [5.74, 6) is 1.84. The SMILES string of the molecule is CN1CC[C@H]1COc1cncc(C2CC=C(CCCCCF)O2)c1. The monoisotopic (exact) mass is 334 g/mol. The van der Waals surface area contributed by atoms with E-state index in [0.717, 1.165) is 49.3 Å². The first-order valence-electron chi connectivity index (χ1n) is 8.96. The zero-order valence-corrected chi connectivity index (χ0v) is 14.4. The van der Waals surface area contributed by atoms with E-state index in [-0.39, 0.29) is 12.8 Å². The van der Waals surface area contributed by atoms with E-state index in [1.807, 2.05) is 12.3 Å². The molecular weight excluding hydrogens is 307 g/mol. The molecule has 0 spiro atoms. The largest absolute Gasteiger partial charge is 0.490 e. The zero-order chi connectivity index (χ0) is 16.8. The number of likely N-dealkylation sites (tertiary alicyclic amines) is 1. The fourth-order valence-corrected chi connectivity index (χ4v) is 3.12. The number of unbranched alkanes of at least 4 members (excludes halogenated alkanes) is 2.